The third-order valence-electron chi connectivity index (χ3n) is 5.66. The maximum Gasteiger partial charge on any atom is 0.267 e. The SMILES string of the molecule is CCCCCN1C(=O)/C(=C2\SC(=S)N(C(C)c3ccccc3)C2=O)c2cc(Br)ccc21. The molecule has 1 atom stereocenters. The molecule has 2 heterocycles. The number of rotatable bonds is 6. The first kappa shape index (κ1) is 22.2. The molecule has 4 rings (SSSR count). The Labute approximate surface area is 200 Å². The summed E-state index contributed by atoms with van der Waals surface area (Å²) in [6, 6.07) is 15.4. The van der Waals surface area contributed by atoms with Gasteiger partial charge in [0.05, 0.1) is 22.2 Å². The first-order chi connectivity index (χ1) is 14.9. The normalized spacial score (nSPS) is 19.4. The first-order valence-corrected chi connectivity index (χ1v) is 12.4. The quantitative estimate of drug-likeness (QED) is 0.257. The van der Waals surface area contributed by atoms with Crippen LogP contribution in [0.5, 0.6) is 0 Å². The van der Waals surface area contributed by atoms with Crippen molar-refractivity contribution in [2.45, 2.75) is 39.2 Å². The fourth-order valence-corrected chi connectivity index (χ4v) is 5.86. The summed E-state index contributed by atoms with van der Waals surface area (Å²) in [5.74, 6) is -0.312. The van der Waals surface area contributed by atoms with Crippen molar-refractivity contribution in [3.63, 3.8) is 0 Å². The van der Waals surface area contributed by atoms with Crippen molar-refractivity contribution < 1.29 is 9.59 Å². The van der Waals surface area contributed by atoms with Crippen molar-refractivity contribution in [3.8, 4) is 0 Å². The molecule has 0 radical (unpaired) electrons. The van der Waals surface area contributed by atoms with E-state index in [1.54, 1.807) is 9.80 Å². The molecule has 1 saturated heterocycles. The molecule has 2 amide bonds. The predicted octanol–water partition coefficient (Wildman–Crippen LogP) is 6.32. The molecule has 31 heavy (non-hydrogen) atoms. The highest BCUT2D eigenvalue weighted by Gasteiger charge is 2.43. The lowest BCUT2D eigenvalue weighted by Gasteiger charge is -2.23. The minimum Gasteiger partial charge on any atom is -0.308 e. The molecule has 2 aliphatic heterocycles. The molecule has 0 N–H and O–H groups in total. The van der Waals surface area contributed by atoms with Crippen molar-refractivity contribution in [3.05, 3.63) is 69.0 Å². The van der Waals surface area contributed by atoms with Gasteiger partial charge in [-0.05, 0) is 37.1 Å². The van der Waals surface area contributed by atoms with E-state index in [2.05, 4.69) is 22.9 Å². The van der Waals surface area contributed by atoms with Gasteiger partial charge in [-0.15, -0.1) is 0 Å². The Hall–Kier alpha value is -1.96. The third kappa shape index (κ3) is 4.11. The van der Waals surface area contributed by atoms with Crippen LogP contribution in [0.4, 0.5) is 5.69 Å². The van der Waals surface area contributed by atoms with E-state index in [4.69, 9.17) is 12.2 Å². The minimum absolute atomic E-state index is 0.114. The van der Waals surface area contributed by atoms with Gasteiger partial charge in [0, 0.05) is 16.6 Å². The lowest BCUT2D eigenvalue weighted by Crippen LogP contribution is -2.32. The van der Waals surface area contributed by atoms with Gasteiger partial charge in [-0.3, -0.25) is 14.5 Å². The zero-order chi connectivity index (χ0) is 22.1. The molecule has 0 aliphatic carbocycles. The van der Waals surface area contributed by atoms with Crippen LogP contribution in [-0.2, 0) is 9.59 Å². The molecule has 0 spiro atoms. The summed E-state index contributed by atoms with van der Waals surface area (Å²) >= 11 is 10.3. The van der Waals surface area contributed by atoms with Crippen molar-refractivity contribution in [2.75, 3.05) is 11.4 Å². The van der Waals surface area contributed by atoms with Crippen LogP contribution in [0, 0.1) is 0 Å². The van der Waals surface area contributed by atoms with Crippen LogP contribution in [0.15, 0.2) is 57.9 Å². The number of amides is 2. The van der Waals surface area contributed by atoms with Gasteiger partial charge < -0.3 is 4.90 Å². The molecule has 2 aromatic carbocycles. The molecule has 160 valence electrons. The van der Waals surface area contributed by atoms with Crippen molar-refractivity contribution in [1.82, 2.24) is 4.90 Å². The minimum atomic E-state index is -0.203. The van der Waals surface area contributed by atoms with Gasteiger partial charge in [0.2, 0.25) is 0 Å². The number of fused-ring (bicyclic) bond motifs is 1. The third-order valence-corrected chi connectivity index (χ3v) is 7.55. The monoisotopic (exact) mass is 514 g/mol. The van der Waals surface area contributed by atoms with Crippen LogP contribution in [0.3, 0.4) is 0 Å². The Morgan fingerprint density at radius 1 is 1.06 bits per heavy atom. The van der Waals surface area contributed by atoms with E-state index < -0.39 is 0 Å². The average molecular weight is 515 g/mol. The second kappa shape index (κ2) is 9.27. The molecule has 4 nitrogen and oxygen atoms in total. The second-order valence-electron chi connectivity index (χ2n) is 7.66. The van der Waals surface area contributed by atoms with E-state index in [-0.39, 0.29) is 17.9 Å². The van der Waals surface area contributed by atoms with Gasteiger partial charge in [0.15, 0.2) is 0 Å². The summed E-state index contributed by atoms with van der Waals surface area (Å²) in [5.41, 5.74) is 3.13. The van der Waals surface area contributed by atoms with Crippen molar-refractivity contribution >= 4 is 67.3 Å². The van der Waals surface area contributed by atoms with E-state index >= 15 is 0 Å². The van der Waals surface area contributed by atoms with Crippen LogP contribution in [0.25, 0.3) is 5.57 Å². The van der Waals surface area contributed by atoms with Crippen molar-refractivity contribution in [1.29, 1.82) is 0 Å². The highest BCUT2D eigenvalue weighted by Crippen LogP contribution is 2.47. The number of carbonyl (C=O) groups excluding carboxylic acids is 2. The molecule has 0 aromatic heterocycles. The van der Waals surface area contributed by atoms with Crippen LogP contribution in [0.1, 0.15) is 50.3 Å². The molecule has 0 bridgehead atoms. The second-order valence-corrected chi connectivity index (χ2v) is 10.2. The fraction of sp³-hybridized carbons (Fsp3) is 0.292. The zero-order valence-corrected chi connectivity index (χ0v) is 20.6. The molecule has 1 fully saturated rings. The van der Waals surface area contributed by atoms with Crippen LogP contribution >= 0.6 is 39.9 Å². The molecule has 2 aliphatic rings. The van der Waals surface area contributed by atoms with Gasteiger partial charge in [0.25, 0.3) is 11.8 Å². The Bertz CT molecular complexity index is 1080. The number of carbonyl (C=O) groups is 2. The number of unbranched alkanes of at least 4 members (excludes halogenated alkanes) is 2. The summed E-state index contributed by atoms with van der Waals surface area (Å²) in [6.07, 6.45) is 3.07. The number of nitrogens with zero attached hydrogens (tertiary/aromatic N) is 2. The lowest BCUT2D eigenvalue weighted by atomic mass is 10.1. The summed E-state index contributed by atoms with van der Waals surface area (Å²) in [4.78, 5) is 30.8. The van der Waals surface area contributed by atoms with Gasteiger partial charge in [0.1, 0.15) is 4.32 Å². The Morgan fingerprint density at radius 2 is 1.81 bits per heavy atom. The van der Waals surface area contributed by atoms with E-state index in [0.29, 0.717) is 21.3 Å². The number of halogens is 1. The van der Waals surface area contributed by atoms with Gasteiger partial charge in [-0.1, -0.05) is 90.0 Å². The van der Waals surface area contributed by atoms with E-state index in [1.165, 1.54) is 11.8 Å². The smallest absolute Gasteiger partial charge is 0.267 e. The van der Waals surface area contributed by atoms with Crippen molar-refractivity contribution in [2.24, 2.45) is 0 Å². The summed E-state index contributed by atoms with van der Waals surface area (Å²) in [6.45, 7) is 4.75. The number of thiocarbonyl (C=S) groups is 1. The molecular formula is C24H23BrN2O2S2. The number of anilines is 1. The van der Waals surface area contributed by atoms with Crippen LogP contribution in [-0.4, -0.2) is 27.6 Å². The largest absolute Gasteiger partial charge is 0.308 e. The maximum absolute atomic E-state index is 13.5. The van der Waals surface area contributed by atoms with E-state index in [1.807, 2.05) is 55.5 Å². The topological polar surface area (TPSA) is 40.6 Å². The van der Waals surface area contributed by atoms with Gasteiger partial charge in [-0.25, -0.2) is 0 Å². The Morgan fingerprint density at radius 3 is 2.52 bits per heavy atom. The summed E-state index contributed by atoms with van der Waals surface area (Å²) < 4.78 is 1.36. The van der Waals surface area contributed by atoms with Gasteiger partial charge >= 0.3 is 0 Å². The lowest BCUT2D eigenvalue weighted by molar-refractivity contribution is -0.123. The number of hydrogen-bond acceptors (Lipinski definition) is 4. The summed E-state index contributed by atoms with van der Waals surface area (Å²) in [5, 5.41) is 0. The first-order valence-electron chi connectivity index (χ1n) is 10.4. The standard InChI is InChI=1S/C24H23BrN2O2S2/c1-3-4-8-13-26-19-12-11-17(25)14-18(19)20(22(26)28)21-23(29)27(24(30)31-21)15(2)16-9-6-5-7-10-16/h5-7,9-12,14-15H,3-4,8,13H2,1-2H3/b21-20-. The molecule has 7 heteroatoms. The molecule has 1 unspecified atom stereocenters. The zero-order valence-electron chi connectivity index (χ0n) is 17.4. The molecule has 2 aromatic rings. The number of thioether (sulfide) groups is 1. The van der Waals surface area contributed by atoms with Gasteiger partial charge in [-0.2, -0.15) is 0 Å². The average Bonchev–Trinajstić information content (AvgIpc) is 3.20. The number of benzene rings is 2. The fourth-order valence-electron chi connectivity index (χ4n) is 4.01. The van der Waals surface area contributed by atoms with Crippen LogP contribution < -0.4 is 4.90 Å². The van der Waals surface area contributed by atoms with Crippen LogP contribution in [0.2, 0.25) is 0 Å². The van der Waals surface area contributed by atoms with E-state index in [0.717, 1.165) is 40.5 Å². The number of hydrogen-bond donors (Lipinski definition) is 0. The Balaban J connectivity index is 1.74. The highest BCUT2D eigenvalue weighted by molar-refractivity contribution is 9.10. The van der Waals surface area contributed by atoms with E-state index in [9.17, 15) is 9.59 Å². The molecule has 0 saturated carbocycles. The predicted molar refractivity (Wildman–Crippen MR) is 135 cm³/mol. The Kier molecular flexibility index (Phi) is 6.65. The highest BCUT2D eigenvalue weighted by atomic mass is 79.9. The maximum atomic E-state index is 13.5. The molecular weight excluding hydrogens is 492 g/mol. The summed E-state index contributed by atoms with van der Waals surface area (Å²) in [7, 11) is 0.